The fourth-order valence-corrected chi connectivity index (χ4v) is 1.31. The summed E-state index contributed by atoms with van der Waals surface area (Å²) in [6, 6.07) is 0. The molecule has 0 spiro atoms. The van der Waals surface area contributed by atoms with Crippen LogP contribution < -0.4 is 0 Å². The van der Waals surface area contributed by atoms with Crippen LogP contribution in [-0.2, 0) is 5.41 Å². The first-order valence-corrected chi connectivity index (χ1v) is 4.10. The number of rotatable bonds is 1. The van der Waals surface area contributed by atoms with E-state index >= 15 is 0 Å². The minimum atomic E-state index is -1.18. The van der Waals surface area contributed by atoms with E-state index in [0.717, 1.165) is 0 Å². The lowest BCUT2D eigenvalue weighted by atomic mass is 9.93. The highest BCUT2D eigenvalue weighted by Gasteiger charge is 2.28. The molecule has 72 valence electrons. The molecular formula is C8H10ClNO3. The Labute approximate surface area is 80.5 Å². The molecule has 0 saturated carbocycles. The summed E-state index contributed by atoms with van der Waals surface area (Å²) in [5.41, 5.74) is -0.566. The predicted molar refractivity (Wildman–Crippen MR) is 47.2 cm³/mol. The molecule has 1 N–H and O–H groups in total. The second-order valence-corrected chi connectivity index (χ2v) is 4.11. The molecule has 0 atom stereocenters. The standard InChI is InChI=1S/C8H10ClNO3/c1-8(2,3)6-4(9)5(7(11)12)10-13-6/h1-3H3,(H,11,12). The van der Waals surface area contributed by atoms with Crippen molar-refractivity contribution in [2.45, 2.75) is 26.2 Å². The van der Waals surface area contributed by atoms with Crippen LogP contribution in [0, 0.1) is 0 Å². The van der Waals surface area contributed by atoms with E-state index in [0.29, 0.717) is 5.76 Å². The molecule has 0 amide bonds. The normalized spacial score (nSPS) is 11.7. The number of aromatic carboxylic acids is 1. The zero-order chi connectivity index (χ0) is 10.2. The van der Waals surface area contributed by atoms with Crippen LogP contribution in [0.25, 0.3) is 0 Å². The first-order valence-electron chi connectivity index (χ1n) is 3.73. The number of aromatic nitrogens is 1. The molecule has 0 aliphatic carbocycles. The van der Waals surface area contributed by atoms with E-state index in [2.05, 4.69) is 5.16 Å². The van der Waals surface area contributed by atoms with Crippen LogP contribution in [0.5, 0.6) is 0 Å². The maximum absolute atomic E-state index is 10.6. The van der Waals surface area contributed by atoms with Crippen molar-refractivity contribution in [2.24, 2.45) is 0 Å². The fourth-order valence-electron chi connectivity index (χ4n) is 0.878. The van der Waals surface area contributed by atoms with E-state index < -0.39 is 5.97 Å². The minimum absolute atomic E-state index is 0.0833. The lowest BCUT2D eigenvalue weighted by Crippen LogP contribution is -2.10. The molecule has 1 rings (SSSR count). The molecule has 0 saturated heterocycles. The Kier molecular flexibility index (Phi) is 2.34. The molecule has 13 heavy (non-hydrogen) atoms. The van der Waals surface area contributed by atoms with Crippen LogP contribution in [0.3, 0.4) is 0 Å². The summed E-state index contributed by atoms with van der Waals surface area (Å²) in [5, 5.41) is 12.1. The van der Waals surface area contributed by atoms with Gasteiger partial charge in [0.1, 0.15) is 5.02 Å². The number of halogens is 1. The number of carbonyl (C=O) groups is 1. The van der Waals surface area contributed by atoms with Crippen molar-refractivity contribution in [3.8, 4) is 0 Å². The number of carboxylic acids is 1. The van der Waals surface area contributed by atoms with Gasteiger partial charge in [0, 0.05) is 5.41 Å². The molecule has 5 heteroatoms. The summed E-state index contributed by atoms with van der Waals surface area (Å²) in [6.07, 6.45) is 0. The molecule has 1 heterocycles. The van der Waals surface area contributed by atoms with Crippen LogP contribution in [0.4, 0.5) is 0 Å². The summed E-state index contributed by atoms with van der Waals surface area (Å²) in [6.45, 7) is 5.60. The van der Waals surface area contributed by atoms with Gasteiger partial charge in [-0.05, 0) is 0 Å². The average molecular weight is 204 g/mol. The quantitative estimate of drug-likeness (QED) is 0.761. The molecule has 0 radical (unpaired) electrons. The first-order chi connectivity index (χ1) is 5.84. The zero-order valence-electron chi connectivity index (χ0n) is 7.59. The van der Waals surface area contributed by atoms with E-state index in [4.69, 9.17) is 21.2 Å². The maximum Gasteiger partial charge on any atom is 0.359 e. The molecule has 0 aliphatic rings. The fraction of sp³-hybridized carbons (Fsp3) is 0.500. The lowest BCUT2D eigenvalue weighted by molar-refractivity contribution is 0.0685. The summed E-state index contributed by atoms with van der Waals surface area (Å²) in [5.74, 6) is -0.782. The van der Waals surface area contributed by atoms with E-state index in [9.17, 15) is 4.79 Å². The van der Waals surface area contributed by atoms with Gasteiger partial charge in [-0.25, -0.2) is 4.79 Å². The van der Waals surface area contributed by atoms with Crippen molar-refractivity contribution in [2.75, 3.05) is 0 Å². The Hall–Kier alpha value is -1.03. The van der Waals surface area contributed by atoms with Crippen LogP contribution in [0.1, 0.15) is 37.0 Å². The minimum Gasteiger partial charge on any atom is -0.476 e. The molecule has 0 aromatic carbocycles. The van der Waals surface area contributed by atoms with Crippen molar-refractivity contribution in [1.82, 2.24) is 5.16 Å². The Morgan fingerprint density at radius 1 is 1.54 bits per heavy atom. The van der Waals surface area contributed by atoms with E-state index in [1.54, 1.807) is 0 Å². The molecule has 0 aliphatic heterocycles. The van der Waals surface area contributed by atoms with Gasteiger partial charge in [-0.3, -0.25) is 0 Å². The van der Waals surface area contributed by atoms with Crippen LogP contribution in [0.15, 0.2) is 4.52 Å². The molecule has 1 aromatic rings. The molecule has 0 fully saturated rings. The van der Waals surface area contributed by atoms with Gasteiger partial charge in [0.15, 0.2) is 5.76 Å². The van der Waals surface area contributed by atoms with Crippen molar-refractivity contribution in [1.29, 1.82) is 0 Å². The maximum atomic E-state index is 10.6. The number of hydrogen-bond donors (Lipinski definition) is 1. The topological polar surface area (TPSA) is 63.3 Å². The van der Waals surface area contributed by atoms with Gasteiger partial charge in [-0.2, -0.15) is 0 Å². The lowest BCUT2D eigenvalue weighted by Gasteiger charge is -2.13. The molecule has 0 unspecified atom stereocenters. The van der Waals surface area contributed by atoms with Crippen molar-refractivity contribution >= 4 is 17.6 Å². The SMILES string of the molecule is CC(C)(C)c1onc(C(=O)O)c1Cl. The Bertz CT molecular complexity index is 338. The second kappa shape index (κ2) is 3.03. The zero-order valence-corrected chi connectivity index (χ0v) is 8.34. The Balaban J connectivity index is 3.22. The van der Waals surface area contributed by atoms with Gasteiger partial charge in [-0.1, -0.05) is 37.5 Å². The van der Waals surface area contributed by atoms with Gasteiger partial charge < -0.3 is 9.63 Å². The third kappa shape index (κ3) is 1.83. The molecule has 4 nitrogen and oxygen atoms in total. The highest BCUT2D eigenvalue weighted by atomic mass is 35.5. The van der Waals surface area contributed by atoms with Gasteiger partial charge >= 0.3 is 5.97 Å². The second-order valence-electron chi connectivity index (χ2n) is 3.73. The molecule has 0 bridgehead atoms. The average Bonchev–Trinajstić information content (AvgIpc) is 2.28. The monoisotopic (exact) mass is 203 g/mol. The summed E-state index contributed by atoms with van der Waals surface area (Å²) >= 11 is 5.77. The van der Waals surface area contributed by atoms with Crippen LogP contribution in [0.2, 0.25) is 5.02 Å². The van der Waals surface area contributed by atoms with Crippen LogP contribution in [-0.4, -0.2) is 16.2 Å². The highest BCUT2D eigenvalue weighted by molar-refractivity contribution is 6.33. The number of hydrogen-bond acceptors (Lipinski definition) is 3. The largest absolute Gasteiger partial charge is 0.476 e. The van der Waals surface area contributed by atoms with Crippen molar-refractivity contribution in [3.63, 3.8) is 0 Å². The van der Waals surface area contributed by atoms with Crippen molar-refractivity contribution in [3.05, 3.63) is 16.5 Å². The van der Waals surface area contributed by atoms with Gasteiger partial charge in [0.05, 0.1) is 0 Å². The molecule has 1 aromatic heterocycles. The third-order valence-electron chi connectivity index (χ3n) is 1.52. The number of carboxylic acid groups (broad SMARTS) is 1. The first kappa shape index (κ1) is 10.1. The third-order valence-corrected chi connectivity index (χ3v) is 1.87. The smallest absolute Gasteiger partial charge is 0.359 e. The van der Waals surface area contributed by atoms with Crippen LogP contribution >= 0.6 is 11.6 Å². The number of nitrogens with zero attached hydrogens (tertiary/aromatic N) is 1. The predicted octanol–water partition coefficient (Wildman–Crippen LogP) is 2.32. The Morgan fingerprint density at radius 3 is 2.31 bits per heavy atom. The van der Waals surface area contributed by atoms with Gasteiger partial charge in [0.25, 0.3) is 0 Å². The summed E-state index contributed by atoms with van der Waals surface area (Å²) in [7, 11) is 0. The van der Waals surface area contributed by atoms with Gasteiger partial charge in [0.2, 0.25) is 5.69 Å². The summed E-state index contributed by atoms with van der Waals surface area (Å²) < 4.78 is 4.86. The Morgan fingerprint density at radius 2 is 2.08 bits per heavy atom. The summed E-state index contributed by atoms with van der Waals surface area (Å²) in [4.78, 5) is 10.6. The van der Waals surface area contributed by atoms with Gasteiger partial charge in [-0.15, -0.1) is 0 Å². The van der Waals surface area contributed by atoms with E-state index in [1.165, 1.54) is 0 Å². The van der Waals surface area contributed by atoms with E-state index in [-0.39, 0.29) is 16.1 Å². The highest BCUT2D eigenvalue weighted by Crippen LogP contribution is 2.31. The molecular weight excluding hydrogens is 194 g/mol. The van der Waals surface area contributed by atoms with E-state index in [1.807, 2.05) is 20.8 Å². The van der Waals surface area contributed by atoms with Crippen molar-refractivity contribution < 1.29 is 14.4 Å².